The molecular weight excluding hydrogens is 302 g/mol. The lowest BCUT2D eigenvalue weighted by molar-refractivity contribution is 0.250. The molecule has 4 nitrogen and oxygen atoms in total. The van der Waals surface area contributed by atoms with Gasteiger partial charge in [0.25, 0.3) is 0 Å². The van der Waals surface area contributed by atoms with Crippen molar-refractivity contribution in [3.8, 4) is 5.75 Å². The van der Waals surface area contributed by atoms with E-state index in [9.17, 15) is 4.79 Å². The Kier molecular flexibility index (Phi) is 5.16. The van der Waals surface area contributed by atoms with Crippen LogP contribution in [0.3, 0.4) is 0 Å². The predicted molar refractivity (Wildman–Crippen MR) is 97.9 cm³/mol. The summed E-state index contributed by atoms with van der Waals surface area (Å²) in [6, 6.07) is 12.8. The number of hydrogen-bond acceptors (Lipinski definition) is 4. The Morgan fingerprint density at radius 2 is 1.75 bits per heavy atom. The molecule has 0 bridgehead atoms. The first-order valence-corrected chi connectivity index (χ1v) is 8.54. The van der Waals surface area contributed by atoms with Crippen molar-refractivity contribution in [1.29, 1.82) is 0 Å². The maximum Gasteiger partial charge on any atom is 0.204 e. The van der Waals surface area contributed by atoms with Gasteiger partial charge < -0.3 is 14.1 Å². The Balaban J connectivity index is 1.86. The van der Waals surface area contributed by atoms with E-state index in [0.29, 0.717) is 34.3 Å². The van der Waals surface area contributed by atoms with Crippen LogP contribution in [0.15, 0.2) is 51.7 Å². The monoisotopic (exact) mass is 325 g/mol. The number of fused-ring (bicyclic) bond motifs is 2. The normalized spacial score (nSPS) is 11.5. The van der Waals surface area contributed by atoms with E-state index in [1.54, 1.807) is 6.07 Å². The van der Waals surface area contributed by atoms with Crippen molar-refractivity contribution < 1.29 is 9.15 Å². The zero-order valence-corrected chi connectivity index (χ0v) is 14.2. The Labute approximate surface area is 141 Å². The summed E-state index contributed by atoms with van der Waals surface area (Å²) in [6.45, 7) is 7.98. The van der Waals surface area contributed by atoms with Crippen LogP contribution in [-0.2, 0) is 0 Å². The predicted octanol–water partition coefficient (Wildman–Crippen LogP) is 4.06. The van der Waals surface area contributed by atoms with Crippen molar-refractivity contribution in [2.45, 2.75) is 20.3 Å². The van der Waals surface area contributed by atoms with E-state index >= 15 is 0 Å². The van der Waals surface area contributed by atoms with Crippen molar-refractivity contribution in [3.63, 3.8) is 0 Å². The third-order valence-electron chi connectivity index (χ3n) is 4.34. The summed E-state index contributed by atoms with van der Waals surface area (Å²) in [5.41, 5.74) is 1.14. The van der Waals surface area contributed by atoms with E-state index in [1.807, 2.05) is 36.4 Å². The van der Waals surface area contributed by atoms with Gasteiger partial charge in [-0.15, -0.1) is 0 Å². The third-order valence-corrected chi connectivity index (χ3v) is 4.34. The van der Waals surface area contributed by atoms with Gasteiger partial charge in [-0.25, -0.2) is 0 Å². The molecule has 0 saturated heterocycles. The maximum absolute atomic E-state index is 12.8. The lowest BCUT2D eigenvalue weighted by Crippen LogP contribution is -2.25. The van der Waals surface area contributed by atoms with Crippen molar-refractivity contribution >= 4 is 21.9 Å². The molecule has 0 aliphatic carbocycles. The van der Waals surface area contributed by atoms with Crippen LogP contribution in [0.4, 0.5) is 0 Å². The largest absolute Gasteiger partial charge is 0.493 e. The van der Waals surface area contributed by atoms with E-state index in [1.165, 1.54) is 0 Å². The van der Waals surface area contributed by atoms with Gasteiger partial charge in [0.2, 0.25) is 5.43 Å². The quantitative estimate of drug-likeness (QED) is 0.485. The highest BCUT2D eigenvalue weighted by Crippen LogP contribution is 2.26. The van der Waals surface area contributed by atoms with E-state index in [2.05, 4.69) is 18.7 Å². The SMILES string of the molecule is CCN(CC)CCCOc1cccc2oc3ccccc3c(=O)c12. The summed E-state index contributed by atoms with van der Waals surface area (Å²) in [7, 11) is 0. The van der Waals surface area contributed by atoms with Gasteiger partial charge in [0.05, 0.1) is 12.0 Å². The van der Waals surface area contributed by atoms with Gasteiger partial charge in [-0.1, -0.05) is 32.0 Å². The smallest absolute Gasteiger partial charge is 0.204 e. The first-order valence-electron chi connectivity index (χ1n) is 8.54. The minimum atomic E-state index is -0.0359. The van der Waals surface area contributed by atoms with Crippen LogP contribution in [0.25, 0.3) is 21.9 Å². The molecule has 24 heavy (non-hydrogen) atoms. The number of benzene rings is 2. The highest BCUT2D eigenvalue weighted by molar-refractivity contribution is 5.93. The second-order valence-corrected chi connectivity index (χ2v) is 5.79. The fourth-order valence-electron chi connectivity index (χ4n) is 2.95. The number of nitrogens with zero attached hydrogens (tertiary/aromatic N) is 1. The van der Waals surface area contributed by atoms with E-state index in [4.69, 9.17) is 9.15 Å². The van der Waals surface area contributed by atoms with Crippen molar-refractivity contribution in [2.75, 3.05) is 26.2 Å². The Hall–Kier alpha value is -2.33. The highest BCUT2D eigenvalue weighted by Gasteiger charge is 2.12. The molecule has 0 aliphatic rings. The first kappa shape index (κ1) is 16.5. The number of rotatable bonds is 7. The van der Waals surface area contributed by atoms with Gasteiger partial charge in [0.15, 0.2) is 0 Å². The van der Waals surface area contributed by atoms with E-state index < -0.39 is 0 Å². The molecule has 0 atom stereocenters. The summed E-state index contributed by atoms with van der Waals surface area (Å²) in [5, 5.41) is 1.11. The summed E-state index contributed by atoms with van der Waals surface area (Å²) in [6.07, 6.45) is 0.928. The van der Waals surface area contributed by atoms with Crippen LogP contribution in [0.2, 0.25) is 0 Å². The minimum Gasteiger partial charge on any atom is -0.493 e. The van der Waals surface area contributed by atoms with Gasteiger partial charge in [-0.2, -0.15) is 0 Å². The summed E-state index contributed by atoms with van der Waals surface area (Å²) >= 11 is 0. The Bertz CT molecular complexity index is 881. The minimum absolute atomic E-state index is 0.0359. The zero-order chi connectivity index (χ0) is 16.9. The molecule has 0 aliphatic heterocycles. The molecule has 0 unspecified atom stereocenters. The fraction of sp³-hybridized carbons (Fsp3) is 0.350. The number of hydrogen-bond donors (Lipinski definition) is 0. The van der Waals surface area contributed by atoms with Crippen LogP contribution >= 0.6 is 0 Å². The van der Waals surface area contributed by atoms with Crippen LogP contribution in [0.1, 0.15) is 20.3 Å². The molecule has 0 N–H and O–H groups in total. The number of ether oxygens (including phenoxy) is 1. The van der Waals surface area contributed by atoms with Crippen LogP contribution in [0.5, 0.6) is 5.75 Å². The molecule has 0 spiro atoms. The average Bonchev–Trinajstić information content (AvgIpc) is 2.62. The Morgan fingerprint density at radius 1 is 1.00 bits per heavy atom. The van der Waals surface area contributed by atoms with Crippen molar-refractivity contribution in [2.24, 2.45) is 0 Å². The fourth-order valence-corrected chi connectivity index (χ4v) is 2.95. The summed E-state index contributed by atoms with van der Waals surface area (Å²) in [4.78, 5) is 15.1. The van der Waals surface area contributed by atoms with Gasteiger partial charge in [0.1, 0.15) is 22.3 Å². The molecule has 0 fully saturated rings. The second kappa shape index (κ2) is 7.49. The van der Waals surface area contributed by atoms with Gasteiger partial charge >= 0.3 is 0 Å². The first-order chi connectivity index (χ1) is 11.7. The van der Waals surface area contributed by atoms with E-state index in [0.717, 1.165) is 26.1 Å². The third kappa shape index (κ3) is 3.29. The molecule has 1 heterocycles. The Morgan fingerprint density at radius 3 is 2.54 bits per heavy atom. The van der Waals surface area contributed by atoms with Crippen molar-refractivity contribution in [3.05, 3.63) is 52.7 Å². The van der Waals surface area contributed by atoms with E-state index in [-0.39, 0.29) is 5.43 Å². The second-order valence-electron chi connectivity index (χ2n) is 5.79. The topological polar surface area (TPSA) is 42.7 Å². The van der Waals surface area contributed by atoms with Crippen LogP contribution in [0, 0.1) is 0 Å². The molecule has 126 valence electrons. The molecule has 4 heteroatoms. The summed E-state index contributed by atoms with van der Waals surface area (Å²) in [5.74, 6) is 0.603. The molecule has 0 radical (unpaired) electrons. The number of para-hydroxylation sites is 1. The van der Waals surface area contributed by atoms with Crippen LogP contribution < -0.4 is 10.2 Å². The molecule has 1 aromatic heterocycles. The van der Waals surface area contributed by atoms with Gasteiger partial charge in [0, 0.05) is 6.54 Å². The zero-order valence-electron chi connectivity index (χ0n) is 14.2. The van der Waals surface area contributed by atoms with Crippen LogP contribution in [-0.4, -0.2) is 31.1 Å². The summed E-state index contributed by atoms with van der Waals surface area (Å²) < 4.78 is 11.8. The average molecular weight is 325 g/mol. The van der Waals surface area contributed by atoms with Crippen molar-refractivity contribution in [1.82, 2.24) is 4.90 Å². The van der Waals surface area contributed by atoms with Gasteiger partial charge in [-0.3, -0.25) is 4.79 Å². The molecule has 3 aromatic rings. The molecule has 0 amide bonds. The standard InChI is InChI=1S/C20H23NO3/c1-3-21(4-2)13-8-14-23-17-11-7-12-18-19(17)20(22)15-9-5-6-10-16(15)24-18/h5-7,9-12H,3-4,8,13-14H2,1-2H3. The lowest BCUT2D eigenvalue weighted by atomic mass is 10.1. The van der Waals surface area contributed by atoms with Gasteiger partial charge in [-0.05, 0) is 43.8 Å². The molecule has 0 saturated carbocycles. The highest BCUT2D eigenvalue weighted by atomic mass is 16.5. The maximum atomic E-state index is 12.8. The molecule has 3 rings (SSSR count). The molecular formula is C20H23NO3. The lowest BCUT2D eigenvalue weighted by Gasteiger charge is -2.17. The molecule has 2 aromatic carbocycles.